The van der Waals surface area contributed by atoms with Gasteiger partial charge in [-0.1, -0.05) is 28.1 Å². The summed E-state index contributed by atoms with van der Waals surface area (Å²) in [5, 5.41) is 18.3. The van der Waals surface area contributed by atoms with Crippen LogP contribution >= 0.6 is 15.9 Å². The normalized spacial score (nSPS) is 13.0. The molecule has 0 saturated carbocycles. The van der Waals surface area contributed by atoms with Gasteiger partial charge in [-0.3, -0.25) is 0 Å². The molecule has 0 aliphatic heterocycles. The van der Waals surface area contributed by atoms with Gasteiger partial charge in [0.2, 0.25) is 0 Å². The van der Waals surface area contributed by atoms with Crippen molar-refractivity contribution in [2.75, 3.05) is 0 Å². The zero-order valence-electron chi connectivity index (χ0n) is 6.79. The Balaban J connectivity index is 3.20. The highest BCUT2D eigenvalue weighted by Crippen LogP contribution is 2.26. The average Bonchev–Trinajstić information content (AvgIpc) is 2.03. The molecule has 12 heavy (non-hydrogen) atoms. The molecule has 66 valence electrons. The molecule has 0 bridgehead atoms. The van der Waals surface area contributed by atoms with Crippen molar-refractivity contribution in [1.82, 2.24) is 0 Å². The minimum atomic E-state index is -0.553. The van der Waals surface area contributed by atoms with E-state index in [0.717, 1.165) is 15.6 Å². The van der Waals surface area contributed by atoms with Crippen LogP contribution in [-0.2, 0) is 6.61 Å². The molecule has 0 radical (unpaired) electrons. The average molecular weight is 231 g/mol. The molecule has 1 rings (SSSR count). The first kappa shape index (κ1) is 9.71. The first-order chi connectivity index (χ1) is 5.66. The van der Waals surface area contributed by atoms with E-state index in [-0.39, 0.29) is 6.61 Å². The highest BCUT2D eigenvalue weighted by atomic mass is 79.9. The van der Waals surface area contributed by atoms with Crippen molar-refractivity contribution in [2.24, 2.45) is 0 Å². The third-order valence-corrected chi connectivity index (χ3v) is 2.42. The van der Waals surface area contributed by atoms with E-state index in [1.165, 1.54) is 0 Å². The summed E-state index contributed by atoms with van der Waals surface area (Å²) in [5.41, 5.74) is 1.53. The van der Waals surface area contributed by atoms with Gasteiger partial charge in [0.15, 0.2) is 0 Å². The van der Waals surface area contributed by atoms with Gasteiger partial charge in [0.25, 0.3) is 0 Å². The second-order valence-corrected chi connectivity index (χ2v) is 3.50. The molecule has 0 aliphatic carbocycles. The van der Waals surface area contributed by atoms with Crippen LogP contribution in [0.4, 0.5) is 0 Å². The lowest BCUT2D eigenvalue weighted by Gasteiger charge is -2.11. The standard InChI is InChI=1S/C9H11BrO2/c1-6(12)9-7(5-11)3-2-4-8(9)10/h2-4,6,11-12H,5H2,1H3. The first-order valence-electron chi connectivity index (χ1n) is 3.73. The monoisotopic (exact) mass is 230 g/mol. The number of hydrogen-bond donors (Lipinski definition) is 2. The van der Waals surface area contributed by atoms with E-state index in [4.69, 9.17) is 5.11 Å². The highest BCUT2D eigenvalue weighted by molar-refractivity contribution is 9.10. The van der Waals surface area contributed by atoms with Crippen molar-refractivity contribution in [3.63, 3.8) is 0 Å². The SMILES string of the molecule is CC(O)c1c(Br)cccc1CO. The van der Waals surface area contributed by atoms with Gasteiger partial charge in [0, 0.05) is 4.47 Å². The van der Waals surface area contributed by atoms with Gasteiger partial charge in [-0.05, 0) is 24.1 Å². The maximum Gasteiger partial charge on any atom is 0.0776 e. The summed E-state index contributed by atoms with van der Waals surface area (Å²) in [6.45, 7) is 1.64. The molecule has 1 unspecified atom stereocenters. The third kappa shape index (κ3) is 1.86. The van der Waals surface area contributed by atoms with Gasteiger partial charge in [0.1, 0.15) is 0 Å². The lowest BCUT2D eigenvalue weighted by molar-refractivity contribution is 0.192. The van der Waals surface area contributed by atoms with Gasteiger partial charge in [-0.25, -0.2) is 0 Å². The minimum Gasteiger partial charge on any atom is -0.392 e. The Hall–Kier alpha value is -0.380. The lowest BCUT2D eigenvalue weighted by Crippen LogP contribution is -1.99. The van der Waals surface area contributed by atoms with Crippen LogP contribution in [0.5, 0.6) is 0 Å². The maximum atomic E-state index is 9.38. The van der Waals surface area contributed by atoms with E-state index in [1.54, 1.807) is 13.0 Å². The Bertz CT molecular complexity index is 271. The molecular weight excluding hydrogens is 220 g/mol. The van der Waals surface area contributed by atoms with E-state index in [2.05, 4.69) is 15.9 Å². The molecule has 0 saturated heterocycles. The summed E-state index contributed by atoms with van der Waals surface area (Å²) in [7, 11) is 0. The molecule has 0 fully saturated rings. The highest BCUT2D eigenvalue weighted by Gasteiger charge is 2.10. The van der Waals surface area contributed by atoms with Gasteiger partial charge in [-0.2, -0.15) is 0 Å². The fourth-order valence-corrected chi connectivity index (χ4v) is 1.93. The van der Waals surface area contributed by atoms with E-state index >= 15 is 0 Å². The van der Waals surface area contributed by atoms with Crippen molar-refractivity contribution in [3.8, 4) is 0 Å². The van der Waals surface area contributed by atoms with Crippen molar-refractivity contribution < 1.29 is 10.2 Å². The summed E-state index contributed by atoms with van der Waals surface area (Å²) in [6, 6.07) is 5.48. The van der Waals surface area contributed by atoms with Crippen molar-refractivity contribution in [1.29, 1.82) is 0 Å². The predicted octanol–water partition coefficient (Wildman–Crippen LogP) is 1.99. The summed E-state index contributed by atoms with van der Waals surface area (Å²) < 4.78 is 0.837. The molecule has 3 heteroatoms. The van der Waals surface area contributed by atoms with Crippen LogP contribution in [0.2, 0.25) is 0 Å². The second-order valence-electron chi connectivity index (χ2n) is 2.65. The van der Waals surface area contributed by atoms with Gasteiger partial charge in [0.05, 0.1) is 12.7 Å². The Labute approximate surface area is 80.0 Å². The topological polar surface area (TPSA) is 40.5 Å². The predicted molar refractivity (Wildman–Crippen MR) is 50.7 cm³/mol. The molecule has 0 amide bonds. The maximum absolute atomic E-state index is 9.38. The smallest absolute Gasteiger partial charge is 0.0776 e. The van der Waals surface area contributed by atoms with E-state index in [1.807, 2.05) is 12.1 Å². The van der Waals surface area contributed by atoms with Crippen LogP contribution < -0.4 is 0 Å². The number of benzene rings is 1. The lowest BCUT2D eigenvalue weighted by atomic mass is 10.0. The van der Waals surface area contributed by atoms with Gasteiger partial charge < -0.3 is 10.2 Å². The van der Waals surface area contributed by atoms with Crippen LogP contribution in [0.15, 0.2) is 22.7 Å². The summed E-state index contributed by atoms with van der Waals surface area (Å²) in [6.07, 6.45) is -0.553. The van der Waals surface area contributed by atoms with Crippen LogP contribution in [0.1, 0.15) is 24.2 Å². The van der Waals surface area contributed by atoms with Gasteiger partial charge in [-0.15, -0.1) is 0 Å². The molecule has 1 aromatic rings. The van der Waals surface area contributed by atoms with Gasteiger partial charge >= 0.3 is 0 Å². The number of aliphatic hydroxyl groups is 2. The number of halogens is 1. The quantitative estimate of drug-likeness (QED) is 0.817. The van der Waals surface area contributed by atoms with E-state index < -0.39 is 6.10 Å². The largest absolute Gasteiger partial charge is 0.392 e. The summed E-state index contributed by atoms with van der Waals surface area (Å²) in [5.74, 6) is 0. The van der Waals surface area contributed by atoms with Crippen LogP contribution in [-0.4, -0.2) is 10.2 Å². The third-order valence-electron chi connectivity index (χ3n) is 1.73. The fourth-order valence-electron chi connectivity index (χ4n) is 1.19. The van der Waals surface area contributed by atoms with Crippen molar-refractivity contribution in [2.45, 2.75) is 19.6 Å². The second kappa shape index (κ2) is 4.03. The Morgan fingerprint density at radius 1 is 1.50 bits per heavy atom. The van der Waals surface area contributed by atoms with E-state index in [0.29, 0.717) is 0 Å². The van der Waals surface area contributed by atoms with Crippen LogP contribution in [0, 0.1) is 0 Å². The van der Waals surface area contributed by atoms with Crippen LogP contribution in [0.25, 0.3) is 0 Å². The Morgan fingerprint density at radius 2 is 2.17 bits per heavy atom. The molecule has 2 nitrogen and oxygen atoms in total. The van der Waals surface area contributed by atoms with Crippen molar-refractivity contribution in [3.05, 3.63) is 33.8 Å². The molecule has 2 N–H and O–H groups in total. The fraction of sp³-hybridized carbons (Fsp3) is 0.333. The molecular formula is C9H11BrO2. The zero-order valence-corrected chi connectivity index (χ0v) is 8.37. The Kier molecular flexibility index (Phi) is 3.26. The van der Waals surface area contributed by atoms with Crippen molar-refractivity contribution >= 4 is 15.9 Å². The zero-order chi connectivity index (χ0) is 9.14. The molecule has 0 aromatic heterocycles. The number of aliphatic hydroxyl groups excluding tert-OH is 2. The molecule has 0 aliphatic rings. The number of hydrogen-bond acceptors (Lipinski definition) is 2. The number of rotatable bonds is 2. The molecule has 0 heterocycles. The summed E-state index contributed by atoms with van der Waals surface area (Å²) >= 11 is 3.32. The minimum absolute atomic E-state index is 0.0420. The molecule has 1 atom stereocenters. The molecule has 1 aromatic carbocycles. The molecule has 0 spiro atoms. The van der Waals surface area contributed by atoms with E-state index in [9.17, 15) is 5.11 Å². The Morgan fingerprint density at radius 3 is 2.58 bits per heavy atom. The van der Waals surface area contributed by atoms with Crippen LogP contribution in [0.3, 0.4) is 0 Å². The first-order valence-corrected chi connectivity index (χ1v) is 4.52. The summed E-state index contributed by atoms with van der Waals surface area (Å²) in [4.78, 5) is 0.